The Bertz CT molecular complexity index is 411. The molecule has 2 heterocycles. The standard InChI is InChI=1S/C14H23N3O/c1-3-16-8-5-7-13(16)14(18)17-9-4-6-12(10-17)11(2)15/h5,7-8,11-12H,3-4,6,9-10,15H2,1-2H3. The van der Waals surface area contributed by atoms with Crippen LogP contribution in [0.15, 0.2) is 18.3 Å². The van der Waals surface area contributed by atoms with Gasteiger partial charge in [-0.1, -0.05) is 0 Å². The summed E-state index contributed by atoms with van der Waals surface area (Å²) in [6.45, 7) is 6.58. The third-order valence-corrected chi connectivity index (χ3v) is 3.88. The van der Waals surface area contributed by atoms with Crippen LogP contribution in [0.2, 0.25) is 0 Å². The van der Waals surface area contributed by atoms with Crippen molar-refractivity contribution in [3.05, 3.63) is 24.0 Å². The summed E-state index contributed by atoms with van der Waals surface area (Å²) in [5, 5.41) is 0. The highest BCUT2D eigenvalue weighted by Crippen LogP contribution is 2.20. The average molecular weight is 249 g/mol. The van der Waals surface area contributed by atoms with Gasteiger partial charge in [0.15, 0.2) is 0 Å². The number of aryl methyl sites for hydroxylation is 1. The third-order valence-electron chi connectivity index (χ3n) is 3.88. The Hall–Kier alpha value is -1.29. The Balaban J connectivity index is 2.09. The quantitative estimate of drug-likeness (QED) is 0.886. The molecule has 0 radical (unpaired) electrons. The molecule has 4 heteroatoms. The number of aromatic nitrogens is 1. The Morgan fingerprint density at radius 2 is 2.39 bits per heavy atom. The molecule has 4 nitrogen and oxygen atoms in total. The molecule has 2 atom stereocenters. The second kappa shape index (κ2) is 5.57. The smallest absolute Gasteiger partial charge is 0.270 e. The average Bonchev–Trinajstić information content (AvgIpc) is 2.86. The van der Waals surface area contributed by atoms with Crippen molar-refractivity contribution in [3.63, 3.8) is 0 Å². The molecule has 1 amide bonds. The molecular weight excluding hydrogens is 226 g/mol. The van der Waals surface area contributed by atoms with E-state index in [0.29, 0.717) is 5.92 Å². The van der Waals surface area contributed by atoms with Crippen molar-refractivity contribution in [1.29, 1.82) is 0 Å². The summed E-state index contributed by atoms with van der Waals surface area (Å²) in [4.78, 5) is 14.4. The van der Waals surface area contributed by atoms with Crippen molar-refractivity contribution < 1.29 is 4.79 Å². The topological polar surface area (TPSA) is 51.3 Å². The minimum Gasteiger partial charge on any atom is -0.344 e. The first-order chi connectivity index (χ1) is 8.63. The molecule has 1 aliphatic heterocycles. The van der Waals surface area contributed by atoms with Crippen LogP contribution in [-0.4, -0.2) is 34.5 Å². The highest BCUT2D eigenvalue weighted by molar-refractivity contribution is 5.92. The summed E-state index contributed by atoms with van der Waals surface area (Å²) >= 11 is 0. The molecule has 1 aromatic heterocycles. The summed E-state index contributed by atoms with van der Waals surface area (Å²) in [5.74, 6) is 0.583. The molecule has 0 spiro atoms. The predicted octanol–water partition coefficient (Wildman–Crippen LogP) is 1.71. The Morgan fingerprint density at radius 1 is 1.61 bits per heavy atom. The number of likely N-dealkylation sites (tertiary alicyclic amines) is 1. The number of carbonyl (C=O) groups is 1. The van der Waals surface area contributed by atoms with E-state index in [4.69, 9.17) is 5.73 Å². The van der Waals surface area contributed by atoms with Crippen molar-refractivity contribution in [3.8, 4) is 0 Å². The SMILES string of the molecule is CCn1cccc1C(=O)N1CCCC(C(C)N)C1. The van der Waals surface area contributed by atoms with Crippen molar-refractivity contribution in [2.24, 2.45) is 11.7 Å². The number of hydrogen-bond donors (Lipinski definition) is 1. The first-order valence-electron chi connectivity index (χ1n) is 6.83. The molecule has 1 aliphatic rings. The zero-order valence-corrected chi connectivity index (χ0v) is 11.3. The monoisotopic (exact) mass is 249 g/mol. The van der Waals surface area contributed by atoms with Crippen LogP contribution in [0, 0.1) is 5.92 Å². The van der Waals surface area contributed by atoms with Crippen LogP contribution in [0.1, 0.15) is 37.2 Å². The van der Waals surface area contributed by atoms with Crippen molar-refractivity contribution in [2.45, 2.75) is 39.3 Å². The van der Waals surface area contributed by atoms with Gasteiger partial charge in [0.2, 0.25) is 0 Å². The molecule has 0 aromatic carbocycles. The number of rotatable bonds is 3. The molecule has 1 fully saturated rings. The van der Waals surface area contributed by atoms with Gasteiger partial charge in [-0.05, 0) is 44.7 Å². The first-order valence-corrected chi connectivity index (χ1v) is 6.83. The van der Waals surface area contributed by atoms with E-state index in [1.807, 2.05) is 34.7 Å². The maximum Gasteiger partial charge on any atom is 0.270 e. The van der Waals surface area contributed by atoms with E-state index in [-0.39, 0.29) is 11.9 Å². The fourth-order valence-corrected chi connectivity index (χ4v) is 2.67. The number of nitrogens with zero attached hydrogens (tertiary/aromatic N) is 2. The maximum atomic E-state index is 12.5. The molecule has 2 rings (SSSR count). The number of amides is 1. The molecule has 18 heavy (non-hydrogen) atoms. The van der Waals surface area contributed by atoms with Crippen LogP contribution >= 0.6 is 0 Å². The van der Waals surface area contributed by atoms with Crippen LogP contribution in [0.5, 0.6) is 0 Å². The second-order valence-electron chi connectivity index (χ2n) is 5.19. The Labute approximate surface area is 109 Å². The molecule has 0 bridgehead atoms. The molecule has 0 aliphatic carbocycles. The molecule has 100 valence electrons. The Morgan fingerprint density at radius 3 is 3.06 bits per heavy atom. The largest absolute Gasteiger partial charge is 0.344 e. The fourth-order valence-electron chi connectivity index (χ4n) is 2.67. The van der Waals surface area contributed by atoms with Gasteiger partial charge in [-0.25, -0.2) is 0 Å². The van der Waals surface area contributed by atoms with Crippen LogP contribution in [0.25, 0.3) is 0 Å². The first kappa shape index (κ1) is 13.1. The number of carbonyl (C=O) groups excluding carboxylic acids is 1. The fraction of sp³-hybridized carbons (Fsp3) is 0.643. The molecular formula is C14H23N3O. The van der Waals surface area contributed by atoms with Crippen LogP contribution in [-0.2, 0) is 6.54 Å². The van der Waals surface area contributed by atoms with E-state index in [2.05, 4.69) is 6.92 Å². The van der Waals surface area contributed by atoms with Crippen molar-refractivity contribution >= 4 is 5.91 Å². The van der Waals surface area contributed by atoms with E-state index in [0.717, 1.165) is 38.2 Å². The van der Waals surface area contributed by atoms with Crippen LogP contribution in [0.4, 0.5) is 0 Å². The van der Waals surface area contributed by atoms with E-state index in [1.165, 1.54) is 0 Å². The van der Waals surface area contributed by atoms with Crippen LogP contribution < -0.4 is 5.73 Å². The van der Waals surface area contributed by atoms with Crippen molar-refractivity contribution in [1.82, 2.24) is 9.47 Å². The lowest BCUT2D eigenvalue weighted by Gasteiger charge is -2.34. The minimum absolute atomic E-state index is 0.146. The van der Waals surface area contributed by atoms with Gasteiger partial charge in [0.25, 0.3) is 5.91 Å². The number of piperidine rings is 1. The van der Waals surface area contributed by atoms with E-state index in [9.17, 15) is 4.79 Å². The lowest BCUT2D eigenvalue weighted by Crippen LogP contribution is -2.45. The second-order valence-corrected chi connectivity index (χ2v) is 5.19. The molecule has 1 aromatic rings. The minimum atomic E-state index is 0.146. The summed E-state index contributed by atoms with van der Waals surface area (Å²) in [7, 11) is 0. The number of hydrogen-bond acceptors (Lipinski definition) is 2. The summed E-state index contributed by atoms with van der Waals surface area (Å²) < 4.78 is 2.00. The van der Waals surface area contributed by atoms with Gasteiger partial charge in [0, 0.05) is 31.9 Å². The summed E-state index contributed by atoms with van der Waals surface area (Å²) in [6, 6.07) is 4.00. The summed E-state index contributed by atoms with van der Waals surface area (Å²) in [5.41, 5.74) is 6.76. The van der Waals surface area contributed by atoms with Gasteiger partial charge < -0.3 is 15.2 Å². The zero-order chi connectivity index (χ0) is 13.1. The molecule has 1 saturated heterocycles. The van der Waals surface area contributed by atoms with E-state index in [1.54, 1.807) is 0 Å². The van der Waals surface area contributed by atoms with E-state index >= 15 is 0 Å². The van der Waals surface area contributed by atoms with Crippen molar-refractivity contribution in [2.75, 3.05) is 13.1 Å². The van der Waals surface area contributed by atoms with Gasteiger partial charge in [0.1, 0.15) is 5.69 Å². The summed E-state index contributed by atoms with van der Waals surface area (Å²) in [6.07, 6.45) is 4.15. The van der Waals surface area contributed by atoms with Gasteiger partial charge in [0.05, 0.1) is 0 Å². The van der Waals surface area contributed by atoms with Crippen LogP contribution in [0.3, 0.4) is 0 Å². The molecule has 0 saturated carbocycles. The van der Waals surface area contributed by atoms with E-state index < -0.39 is 0 Å². The highest BCUT2D eigenvalue weighted by atomic mass is 16.2. The zero-order valence-electron chi connectivity index (χ0n) is 11.3. The lowest BCUT2D eigenvalue weighted by atomic mass is 9.92. The normalized spacial score (nSPS) is 21.9. The molecule has 2 unspecified atom stereocenters. The molecule has 2 N–H and O–H groups in total. The van der Waals surface area contributed by atoms with Gasteiger partial charge in [-0.2, -0.15) is 0 Å². The van der Waals surface area contributed by atoms with Gasteiger partial charge in [-0.3, -0.25) is 4.79 Å². The van der Waals surface area contributed by atoms with Gasteiger partial charge in [-0.15, -0.1) is 0 Å². The maximum absolute atomic E-state index is 12.5. The van der Waals surface area contributed by atoms with Gasteiger partial charge >= 0.3 is 0 Å². The Kier molecular flexibility index (Phi) is 4.07. The third kappa shape index (κ3) is 2.58. The predicted molar refractivity (Wildman–Crippen MR) is 72.4 cm³/mol. The lowest BCUT2D eigenvalue weighted by molar-refractivity contribution is 0.0650. The number of nitrogens with two attached hydrogens (primary N) is 1. The highest BCUT2D eigenvalue weighted by Gasteiger charge is 2.27.